The SMILES string of the molecule is CCC[CH2][Sn]([CH2]CCC)([CH2]CCC)[CH2]O[C@H]1C=CC[C@@H]2OC(C)(C)O[C@H]12. The van der Waals surface area contributed by atoms with Gasteiger partial charge in [-0.2, -0.15) is 0 Å². The van der Waals surface area contributed by atoms with Crippen LogP contribution in [0.25, 0.3) is 0 Å². The molecule has 0 radical (unpaired) electrons. The summed E-state index contributed by atoms with van der Waals surface area (Å²) in [6, 6.07) is 0. The monoisotopic (exact) mass is 474 g/mol. The van der Waals surface area contributed by atoms with Gasteiger partial charge in [-0.1, -0.05) is 0 Å². The molecule has 152 valence electrons. The van der Waals surface area contributed by atoms with E-state index in [1.165, 1.54) is 51.8 Å². The molecule has 0 aromatic heterocycles. The van der Waals surface area contributed by atoms with Crippen LogP contribution in [0.3, 0.4) is 0 Å². The van der Waals surface area contributed by atoms with Gasteiger partial charge in [0, 0.05) is 0 Å². The summed E-state index contributed by atoms with van der Waals surface area (Å²) in [5.74, 6) is -0.476. The Hall–Kier alpha value is 0.419. The van der Waals surface area contributed by atoms with Crippen molar-refractivity contribution in [1.82, 2.24) is 0 Å². The Kier molecular flexibility index (Phi) is 9.45. The van der Waals surface area contributed by atoms with Gasteiger partial charge in [-0.15, -0.1) is 0 Å². The molecule has 26 heavy (non-hydrogen) atoms. The molecular weight excluding hydrogens is 431 g/mol. The zero-order valence-corrected chi connectivity index (χ0v) is 20.7. The minimum atomic E-state index is -2.25. The number of unbranched alkanes of at least 4 members (excludes halogenated alkanes) is 3. The summed E-state index contributed by atoms with van der Waals surface area (Å²) >= 11 is -2.25. The average Bonchev–Trinajstić information content (AvgIpc) is 2.95. The van der Waals surface area contributed by atoms with E-state index in [0.29, 0.717) is 0 Å². The molecule has 1 heterocycles. The Morgan fingerprint density at radius 2 is 1.54 bits per heavy atom. The fraction of sp³-hybridized carbons (Fsp3) is 0.909. The van der Waals surface area contributed by atoms with E-state index in [0.717, 1.165) is 11.0 Å². The molecule has 1 fully saturated rings. The summed E-state index contributed by atoms with van der Waals surface area (Å²) in [5, 5.41) is 0. The number of ether oxygens (including phenoxy) is 3. The zero-order valence-electron chi connectivity index (χ0n) is 17.9. The Morgan fingerprint density at radius 1 is 0.962 bits per heavy atom. The molecule has 0 aromatic rings. The molecular formula is C22H42O3Sn. The summed E-state index contributed by atoms with van der Waals surface area (Å²) in [7, 11) is 0. The normalized spacial score (nSPS) is 27.7. The summed E-state index contributed by atoms with van der Waals surface area (Å²) in [5.41, 5.74) is 0. The molecule has 4 heteroatoms. The molecule has 2 rings (SSSR count). The first kappa shape index (κ1) is 22.7. The molecule has 0 aromatic carbocycles. The predicted octanol–water partition coefficient (Wildman–Crippen LogP) is 6.24. The zero-order chi connectivity index (χ0) is 19.0. The molecule has 0 amide bonds. The third kappa shape index (κ3) is 6.49. The molecule has 1 saturated heterocycles. The van der Waals surface area contributed by atoms with Crippen molar-refractivity contribution in [2.75, 3.05) is 4.62 Å². The maximum atomic E-state index is 6.65. The van der Waals surface area contributed by atoms with Crippen LogP contribution in [0.2, 0.25) is 13.3 Å². The number of hydrogen-bond acceptors (Lipinski definition) is 3. The molecule has 3 nitrogen and oxygen atoms in total. The van der Waals surface area contributed by atoms with E-state index in [4.69, 9.17) is 14.2 Å². The van der Waals surface area contributed by atoms with E-state index in [1.807, 2.05) is 13.8 Å². The molecule has 0 unspecified atom stereocenters. The van der Waals surface area contributed by atoms with E-state index in [1.54, 1.807) is 0 Å². The van der Waals surface area contributed by atoms with Gasteiger partial charge in [0.05, 0.1) is 0 Å². The second kappa shape index (κ2) is 10.8. The van der Waals surface area contributed by atoms with Crippen molar-refractivity contribution in [3.05, 3.63) is 12.2 Å². The minimum absolute atomic E-state index is 0.0718. The molecule has 2 aliphatic rings. The van der Waals surface area contributed by atoms with Crippen molar-refractivity contribution >= 4 is 18.4 Å². The number of hydrogen-bond donors (Lipinski definition) is 0. The summed E-state index contributed by atoms with van der Waals surface area (Å²) in [6.45, 7) is 11.0. The average molecular weight is 473 g/mol. The van der Waals surface area contributed by atoms with E-state index in [2.05, 4.69) is 32.9 Å². The summed E-state index contributed by atoms with van der Waals surface area (Å²) in [6.07, 6.45) is 13.9. The van der Waals surface area contributed by atoms with Crippen molar-refractivity contribution in [3.63, 3.8) is 0 Å². The first-order valence-corrected chi connectivity index (χ1v) is 19.2. The predicted molar refractivity (Wildman–Crippen MR) is 112 cm³/mol. The van der Waals surface area contributed by atoms with Crippen LogP contribution in [0, 0.1) is 0 Å². The fourth-order valence-electron chi connectivity index (χ4n) is 4.45. The van der Waals surface area contributed by atoms with E-state index in [-0.39, 0.29) is 18.3 Å². The maximum absolute atomic E-state index is 6.65. The van der Waals surface area contributed by atoms with Crippen LogP contribution in [0.4, 0.5) is 0 Å². The summed E-state index contributed by atoms with van der Waals surface area (Å²) in [4.78, 5) is 0. The summed E-state index contributed by atoms with van der Waals surface area (Å²) < 4.78 is 24.5. The standard InChI is InChI=1S/C10H15O3.3C4H9.Sn/c1-10(2)12-8-6-4-5-7(11-3)9(8)13-10;3*1-3-4-2;/h4-5,7-9H,3,6H2,1-2H3;3*1,3-4H2,2H3;/t7-,8-,9+;;;;/m0..../s1. The molecule has 1 aliphatic heterocycles. The molecule has 0 spiro atoms. The van der Waals surface area contributed by atoms with Crippen LogP contribution in [-0.2, 0) is 14.2 Å². The van der Waals surface area contributed by atoms with Crippen LogP contribution >= 0.6 is 0 Å². The second-order valence-corrected chi connectivity index (χ2v) is 22.6. The Bertz CT molecular complexity index is 413. The Morgan fingerprint density at radius 3 is 2.08 bits per heavy atom. The van der Waals surface area contributed by atoms with Gasteiger partial charge in [0.2, 0.25) is 0 Å². The van der Waals surface area contributed by atoms with Gasteiger partial charge in [-0.05, 0) is 0 Å². The molecule has 0 saturated carbocycles. The van der Waals surface area contributed by atoms with Crippen LogP contribution in [-0.4, -0.2) is 47.1 Å². The quantitative estimate of drug-likeness (QED) is 0.248. The Labute approximate surface area is 166 Å². The van der Waals surface area contributed by atoms with Gasteiger partial charge in [0.1, 0.15) is 0 Å². The third-order valence-corrected chi connectivity index (χ3v) is 20.3. The van der Waals surface area contributed by atoms with Crippen molar-refractivity contribution < 1.29 is 14.2 Å². The molecule has 3 atom stereocenters. The third-order valence-electron chi connectivity index (χ3n) is 6.00. The molecule has 1 aliphatic carbocycles. The van der Waals surface area contributed by atoms with Gasteiger partial charge in [0.15, 0.2) is 0 Å². The van der Waals surface area contributed by atoms with Gasteiger partial charge in [-0.3, -0.25) is 0 Å². The second-order valence-electron chi connectivity index (χ2n) is 8.89. The fourth-order valence-corrected chi connectivity index (χ4v) is 18.8. The Balaban J connectivity index is 2.03. The molecule has 0 N–H and O–H groups in total. The van der Waals surface area contributed by atoms with Crippen molar-refractivity contribution in [2.45, 2.75) is 117 Å². The number of fused-ring (bicyclic) bond motifs is 1. The van der Waals surface area contributed by atoms with Crippen LogP contribution < -0.4 is 0 Å². The molecule has 0 bridgehead atoms. The van der Waals surface area contributed by atoms with E-state index < -0.39 is 24.2 Å². The first-order valence-electron chi connectivity index (χ1n) is 11.1. The van der Waals surface area contributed by atoms with Crippen LogP contribution in [0.1, 0.15) is 79.6 Å². The number of rotatable bonds is 12. The van der Waals surface area contributed by atoms with Gasteiger partial charge < -0.3 is 0 Å². The van der Waals surface area contributed by atoms with Crippen LogP contribution in [0.15, 0.2) is 12.2 Å². The van der Waals surface area contributed by atoms with Crippen molar-refractivity contribution in [2.24, 2.45) is 0 Å². The van der Waals surface area contributed by atoms with Crippen molar-refractivity contribution in [3.8, 4) is 0 Å². The van der Waals surface area contributed by atoms with Gasteiger partial charge in [-0.25, -0.2) is 0 Å². The van der Waals surface area contributed by atoms with Crippen LogP contribution in [0.5, 0.6) is 0 Å². The van der Waals surface area contributed by atoms with Gasteiger partial charge >= 0.3 is 166 Å². The van der Waals surface area contributed by atoms with E-state index in [9.17, 15) is 0 Å². The van der Waals surface area contributed by atoms with Crippen molar-refractivity contribution in [1.29, 1.82) is 0 Å². The topological polar surface area (TPSA) is 27.7 Å². The van der Waals surface area contributed by atoms with E-state index >= 15 is 0 Å². The van der Waals surface area contributed by atoms with Gasteiger partial charge in [0.25, 0.3) is 0 Å². The first-order chi connectivity index (χ1) is 12.5.